The van der Waals surface area contributed by atoms with Crippen molar-refractivity contribution < 1.29 is 9.90 Å². The van der Waals surface area contributed by atoms with Gasteiger partial charge in [0.05, 0.1) is 5.51 Å². The first kappa shape index (κ1) is 19.8. The largest absolute Gasteiger partial charge is 0.508 e. The van der Waals surface area contributed by atoms with E-state index >= 15 is 0 Å². The Kier molecular flexibility index (Phi) is 6.50. The van der Waals surface area contributed by atoms with Gasteiger partial charge in [0.2, 0.25) is 5.91 Å². The van der Waals surface area contributed by atoms with Crippen LogP contribution in [0.1, 0.15) is 41.2 Å². The second-order valence-electron chi connectivity index (χ2n) is 7.79. The lowest BCUT2D eigenvalue weighted by molar-refractivity contribution is -0.121. The van der Waals surface area contributed by atoms with Gasteiger partial charge in [0, 0.05) is 36.0 Å². The molecule has 5 nitrogen and oxygen atoms in total. The van der Waals surface area contributed by atoms with Crippen LogP contribution in [0.15, 0.2) is 29.9 Å². The first-order valence-electron chi connectivity index (χ1n) is 9.54. The molecule has 1 saturated carbocycles. The molecule has 0 spiro atoms. The van der Waals surface area contributed by atoms with Gasteiger partial charge in [0.25, 0.3) is 0 Å². The van der Waals surface area contributed by atoms with Gasteiger partial charge in [-0.25, -0.2) is 0 Å². The number of benzene rings is 1. The number of nitrogens with zero attached hydrogens (tertiary/aromatic N) is 2. The summed E-state index contributed by atoms with van der Waals surface area (Å²) in [6, 6.07) is 5.69. The Balaban J connectivity index is 1.56. The van der Waals surface area contributed by atoms with E-state index in [2.05, 4.69) is 15.2 Å². The van der Waals surface area contributed by atoms with E-state index in [0.717, 1.165) is 12.0 Å². The van der Waals surface area contributed by atoms with Gasteiger partial charge in [0.15, 0.2) is 0 Å². The lowest BCUT2D eigenvalue weighted by atomic mass is 9.97. The maximum absolute atomic E-state index is 12.6. The van der Waals surface area contributed by atoms with Crippen molar-refractivity contribution >= 4 is 17.2 Å². The summed E-state index contributed by atoms with van der Waals surface area (Å²) < 4.78 is 0. The van der Waals surface area contributed by atoms with E-state index in [0.29, 0.717) is 30.6 Å². The molecule has 0 saturated heterocycles. The van der Waals surface area contributed by atoms with Gasteiger partial charge in [0.1, 0.15) is 5.75 Å². The molecule has 1 aliphatic carbocycles. The van der Waals surface area contributed by atoms with Gasteiger partial charge in [-0.1, -0.05) is 6.07 Å². The molecule has 1 aliphatic rings. The molecule has 6 heteroatoms. The van der Waals surface area contributed by atoms with Crippen molar-refractivity contribution in [2.75, 3.05) is 20.6 Å². The van der Waals surface area contributed by atoms with Crippen molar-refractivity contribution in [1.29, 1.82) is 0 Å². The fourth-order valence-corrected chi connectivity index (χ4v) is 4.33. The first-order valence-corrected chi connectivity index (χ1v) is 10.4. The number of nitrogens with one attached hydrogen (secondary N) is 1. The SMILES string of the molecule is Cc1cc(O)ccc1C[C@@H](CNC(=O)C[C@H](c1cncs1)C1CC1)N(C)C. The van der Waals surface area contributed by atoms with Crippen molar-refractivity contribution in [2.24, 2.45) is 5.92 Å². The van der Waals surface area contributed by atoms with Crippen LogP contribution in [0.2, 0.25) is 0 Å². The summed E-state index contributed by atoms with van der Waals surface area (Å²) in [5.74, 6) is 1.37. The molecule has 2 atom stereocenters. The molecule has 2 aromatic rings. The highest BCUT2D eigenvalue weighted by Crippen LogP contribution is 2.45. The summed E-state index contributed by atoms with van der Waals surface area (Å²) in [7, 11) is 4.08. The van der Waals surface area contributed by atoms with Gasteiger partial charge in [-0.15, -0.1) is 11.3 Å². The number of thiazole rings is 1. The summed E-state index contributed by atoms with van der Waals surface area (Å²) in [5.41, 5.74) is 4.12. The van der Waals surface area contributed by atoms with Gasteiger partial charge < -0.3 is 15.3 Å². The predicted molar refractivity (Wildman–Crippen MR) is 109 cm³/mol. The number of aromatic nitrogens is 1. The number of carbonyl (C=O) groups excluding carboxylic acids is 1. The van der Waals surface area contributed by atoms with Crippen LogP contribution >= 0.6 is 11.3 Å². The summed E-state index contributed by atoms with van der Waals surface area (Å²) in [4.78, 5) is 20.2. The molecule has 0 bridgehead atoms. The zero-order chi connectivity index (χ0) is 19.4. The molecule has 2 N–H and O–H groups in total. The second-order valence-corrected chi connectivity index (χ2v) is 8.71. The zero-order valence-electron chi connectivity index (χ0n) is 16.3. The molecule has 1 heterocycles. The molecule has 3 rings (SSSR count). The number of aromatic hydroxyl groups is 1. The lowest BCUT2D eigenvalue weighted by Crippen LogP contribution is -2.42. The Morgan fingerprint density at radius 3 is 2.78 bits per heavy atom. The van der Waals surface area contributed by atoms with Gasteiger partial charge >= 0.3 is 0 Å². The van der Waals surface area contributed by atoms with E-state index in [9.17, 15) is 9.90 Å². The van der Waals surface area contributed by atoms with Crippen LogP contribution in [0.4, 0.5) is 0 Å². The molecule has 1 aromatic carbocycles. The van der Waals surface area contributed by atoms with Gasteiger partial charge in [-0.05, 0) is 69.5 Å². The number of hydrogen-bond donors (Lipinski definition) is 2. The Morgan fingerprint density at radius 1 is 1.41 bits per heavy atom. The van der Waals surface area contributed by atoms with Crippen molar-refractivity contribution in [3.05, 3.63) is 45.9 Å². The minimum absolute atomic E-state index is 0.120. The quantitative estimate of drug-likeness (QED) is 0.693. The summed E-state index contributed by atoms with van der Waals surface area (Å²) in [6.45, 7) is 2.63. The number of hydrogen-bond acceptors (Lipinski definition) is 5. The molecular weight excluding hydrogens is 358 g/mol. The van der Waals surface area contributed by atoms with Crippen LogP contribution in [0.25, 0.3) is 0 Å². The van der Waals surface area contributed by atoms with Crippen LogP contribution in [0, 0.1) is 12.8 Å². The van der Waals surface area contributed by atoms with Crippen LogP contribution in [-0.2, 0) is 11.2 Å². The summed E-state index contributed by atoms with van der Waals surface area (Å²) in [6.07, 6.45) is 5.73. The van der Waals surface area contributed by atoms with E-state index < -0.39 is 0 Å². The van der Waals surface area contributed by atoms with Crippen LogP contribution in [-0.4, -0.2) is 47.6 Å². The Bertz CT molecular complexity index is 757. The second kappa shape index (κ2) is 8.85. The van der Waals surface area contributed by atoms with Crippen molar-refractivity contribution in [3.63, 3.8) is 0 Å². The highest BCUT2D eigenvalue weighted by atomic mass is 32.1. The number of phenols is 1. The third-order valence-corrected chi connectivity index (χ3v) is 6.37. The normalized spacial score (nSPS) is 16.3. The maximum atomic E-state index is 12.6. The molecule has 1 fully saturated rings. The summed E-state index contributed by atoms with van der Waals surface area (Å²) >= 11 is 1.66. The van der Waals surface area contributed by atoms with Crippen molar-refractivity contribution in [1.82, 2.24) is 15.2 Å². The molecule has 0 aliphatic heterocycles. The third-order valence-electron chi connectivity index (χ3n) is 5.46. The minimum Gasteiger partial charge on any atom is -0.508 e. The number of carbonyl (C=O) groups is 1. The van der Waals surface area contributed by atoms with E-state index in [1.807, 2.05) is 38.8 Å². The maximum Gasteiger partial charge on any atom is 0.220 e. The van der Waals surface area contributed by atoms with Crippen LogP contribution in [0.3, 0.4) is 0 Å². The monoisotopic (exact) mass is 387 g/mol. The van der Waals surface area contributed by atoms with E-state index in [1.165, 1.54) is 23.3 Å². The van der Waals surface area contributed by atoms with Crippen molar-refractivity contribution in [3.8, 4) is 5.75 Å². The predicted octanol–water partition coefficient (Wildman–Crippen LogP) is 3.33. The fraction of sp³-hybridized carbons (Fsp3) is 0.524. The number of likely N-dealkylation sites (N-methyl/N-ethyl adjacent to an activating group) is 1. The molecule has 146 valence electrons. The highest BCUT2D eigenvalue weighted by Gasteiger charge is 2.34. The standard InChI is InChI=1S/C21H29N3O2S/c1-14-8-18(25)7-6-16(14)9-17(24(2)3)11-23-21(26)10-19(15-4-5-15)20-12-22-13-27-20/h6-8,12-13,15,17,19,25H,4-5,9-11H2,1-3H3,(H,23,26)/t17-,19-/m0/s1. The van der Waals surface area contributed by atoms with Crippen LogP contribution < -0.4 is 5.32 Å². The van der Waals surface area contributed by atoms with E-state index in [-0.39, 0.29) is 11.9 Å². The number of aryl methyl sites for hydroxylation is 1. The Labute approximate surface area is 165 Å². The van der Waals surface area contributed by atoms with Crippen LogP contribution in [0.5, 0.6) is 5.75 Å². The number of amides is 1. The topological polar surface area (TPSA) is 65.5 Å². The molecule has 27 heavy (non-hydrogen) atoms. The van der Waals surface area contributed by atoms with Gasteiger partial charge in [-0.3, -0.25) is 9.78 Å². The average Bonchev–Trinajstić information content (AvgIpc) is 3.31. The minimum atomic E-state index is 0.120. The molecular formula is C21H29N3O2S. The Morgan fingerprint density at radius 2 is 2.19 bits per heavy atom. The molecule has 0 unspecified atom stereocenters. The number of rotatable bonds is 9. The first-order chi connectivity index (χ1) is 12.9. The zero-order valence-corrected chi connectivity index (χ0v) is 17.1. The van der Waals surface area contributed by atoms with E-state index in [1.54, 1.807) is 23.5 Å². The molecule has 0 radical (unpaired) electrons. The smallest absolute Gasteiger partial charge is 0.220 e. The average molecular weight is 388 g/mol. The fourth-order valence-electron chi connectivity index (χ4n) is 3.51. The summed E-state index contributed by atoms with van der Waals surface area (Å²) in [5, 5.41) is 12.7. The van der Waals surface area contributed by atoms with E-state index in [4.69, 9.17) is 0 Å². The number of phenolic OH excluding ortho intramolecular Hbond substituents is 1. The molecule has 1 aromatic heterocycles. The highest BCUT2D eigenvalue weighted by molar-refractivity contribution is 7.09. The lowest BCUT2D eigenvalue weighted by Gasteiger charge is -2.26. The third kappa shape index (κ3) is 5.53. The molecule has 1 amide bonds. The van der Waals surface area contributed by atoms with Gasteiger partial charge in [-0.2, -0.15) is 0 Å². The van der Waals surface area contributed by atoms with Crippen molar-refractivity contribution in [2.45, 2.75) is 44.6 Å². The Hall–Kier alpha value is -1.92.